The lowest BCUT2D eigenvalue weighted by molar-refractivity contribution is 0.0131. The van der Waals surface area contributed by atoms with Crippen molar-refractivity contribution in [1.82, 2.24) is 9.80 Å². The third-order valence-electron chi connectivity index (χ3n) is 5.24. The first-order valence-electron chi connectivity index (χ1n) is 7.67. The molecule has 3 atom stereocenters. The molecule has 3 unspecified atom stereocenters. The Kier molecular flexibility index (Phi) is 4.48. The zero-order valence-corrected chi connectivity index (χ0v) is 12.2. The van der Waals surface area contributed by atoms with Gasteiger partial charge in [-0.3, -0.25) is 9.80 Å². The third-order valence-corrected chi connectivity index (χ3v) is 5.24. The third kappa shape index (κ3) is 2.68. The number of hydrogen-bond donors (Lipinski definition) is 0. The van der Waals surface area contributed by atoms with Crippen molar-refractivity contribution in [2.45, 2.75) is 71.5 Å². The summed E-state index contributed by atoms with van der Waals surface area (Å²) in [6.45, 7) is 13.5. The molecule has 0 saturated carbocycles. The smallest absolute Gasteiger partial charge is 0.0224 e. The lowest BCUT2D eigenvalue weighted by Crippen LogP contribution is -2.58. The highest BCUT2D eigenvalue weighted by Gasteiger charge is 2.37. The van der Waals surface area contributed by atoms with Gasteiger partial charge in [-0.25, -0.2) is 0 Å². The van der Waals surface area contributed by atoms with Crippen molar-refractivity contribution in [2.75, 3.05) is 19.6 Å². The van der Waals surface area contributed by atoms with Gasteiger partial charge in [0.25, 0.3) is 0 Å². The van der Waals surface area contributed by atoms with Crippen LogP contribution in [0.25, 0.3) is 0 Å². The van der Waals surface area contributed by atoms with Crippen LogP contribution in [0.5, 0.6) is 0 Å². The summed E-state index contributed by atoms with van der Waals surface area (Å²) in [7, 11) is 0. The van der Waals surface area contributed by atoms with E-state index in [1.807, 2.05) is 0 Å². The van der Waals surface area contributed by atoms with Gasteiger partial charge in [-0.15, -0.1) is 0 Å². The van der Waals surface area contributed by atoms with E-state index < -0.39 is 0 Å². The van der Waals surface area contributed by atoms with E-state index in [-0.39, 0.29) is 0 Å². The van der Waals surface area contributed by atoms with Crippen molar-refractivity contribution in [2.24, 2.45) is 5.92 Å². The molecular weight excluding hydrogens is 208 g/mol. The molecule has 100 valence electrons. The first-order chi connectivity index (χ1) is 8.17. The van der Waals surface area contributed by atoms with Crippen LogP contribution in [0.15, 0.2) is 0 Å². The van der Waals surface area contributed by atoms with Gasteiger partial charge < -0.3 is 0 Å². The maximum absolute atomic E-state index is 2.80. The lowest BCUT2D eigenvalue weighted by atomic mass is 9.92. The molecule has 0 spiro atoms. The van der Waals surface area contributed by atoms with Crippen LogP contribution in [0.3, 0.4) is 0 Å². The average molecular weight is 238 g/mol. The molecule has 0 aromatic heterocycles. The largest absolute Gasteiger partial charge is 0.298 e. The Bertz CT molecular complexity index is 237. The van der Waals surface area contributed by atoms with E-state index in [1.165, 1.54) is 45.3 Å². The molecule has 2 rings (SSSR count). The molecule has 0 bridgehead atoms. The van der Waals surface area contributed by atoms with E-state index in [9.17, 15) is 0 Å². The predicted octanol–water partition coefficient (Wildman–Crippen LogP) is 2.98. The van der Waals surface area contributed by atoms with Gasteiger partial charge in [0, 0.05) is 31.2 Å². The van der Waals surface area contributed by atoms with E-state index >= 15 is 0 Å². The highest BCUT2D eigenvalue weighted by molar-refractivity contribution is 4.93. The highest BCUT2D eigenvalue weighted by atomic mass is 15.3. The van der Waals surface area contributed by atoms with Gasteiger partial charge in [0.05, 0.1) is 0 Å². The Hall–Kier alpha value is -0.0800. The van der Waals surface area contributed by atoms with Crippen molar-refractivity contribution < 1.29 is 0 Å². The fraction of sp³-hybridized carbons (Fsp3) is 1.00. The first kappa shape index (κ1) is 13.4. The molecule has 0 aliphatic carbocycles. The molecule has 2 heteroatoms. The van der Waals surface area contributed by atoms with E-state index in [0.717, 1.165) is 24.0 Å². The first-order valence-corrected chi connectivity index (χ1v) is 7.67. The Labute approximate surface area is 107 Å². The van der Waals surface area contributed by atoms with Gasteiger partial charge in [-0.1, -0.05) is 26.7 Å². The van der Waals surface area contributed by atoms with Crippen LogP contribution in [-0.4, -0.2) is 47.6 Å². The summed E-state index contributed by atoms with van der Waals surface area (Å²) in [5.74, 6) is 0.880. The van der Waals surface area contributed by atoms with Crippen LogP contribution in [0.2, 0.25) is 0 Å². The topological polar surface area (TPSA) is 6.48 Å². The number of fused-ring (bicyclic) bond motifs is 1. The molecule has 2 aliphatic rings. The Morgan fingerprint density at radius 3 is 2.53 bits per heavy atom. The Morgan fingerprint density at radius 2 is 1.88 bits per heavy atom. The molecule has 2 aliphatic heterocycles. The minimum atomic E-state index is 0.750. The molecule has 2 fully saturated rings. The van der Waals surface area contributed by atoms with E-state index in [1.54, 1.807) is 0 Å². The molecule has 17 heavy (non-hydrogen) atoms. The van der Waals surface area contributed by atoms with E-state index in [2.05, 4.69) is 37.5 Å². The summed E-state index contributed by atoms with van der Waals surface area (Å²) >= 11 is 0. The standard InChI is InChI=1S/C15H30N2/c1-5-14(6-2)13(4)17-11-15-8-7-9-16(15)10-12(17)3/h12-15H,5-11H2,1-4H3. The number of rotatable bonds is 4. The second-order valence-electron chi connectivity index (χ2n) is 6.15. The van der Waals surface area contributed by atoms with Crippen molar-refractivity contribution in [1.29, 1.82) is 0 Å². The van der Waals surface area contributed by atoms with Crippen LogP contribution in [-0.2, 0) is 0 Å². The summed E-state index contributed by atoms with van der Waals surface area (Å²) < 4.78 is 0. The second-order valence-corrected chi connectivity index (χ2v) is 6.15. The van der Waals surface area contributed by atoms with Crippen molar-refractivity contribution in [3.05, 3.63) is 0 Å². The van der Waals surface area contributed by atoms with Gasteiger partial charge in [-0.2, -0.15) is 0 Å². The quantitative estimate of drug-likeness (QED) is 0.743. The van der Waals surface area contributed by atoms with Crippen LogP contribution >= 0.6 is 0 Å². The number of nitrogens with zero attached hydrogens (tertiary/aromatic N) is 2. The van der Waals surface area contributed by atoms with Gasteiger partial charge in [0.2, 0.25) is 0 Å². The normalized spacial score (nSPS) is 33.0. The fourth-order valence-corrected chi connectivity index (χ4v) is 4.02. The van der Waals surface area contributed by atoms with Crippen molar-refractivity contribution in [3.8, 4) is 0 Å². The van der Waals surface area contributed by atoms with Crippen LogP contribution < -0.4 is 0 Å². The lowest BCUT2D eigenvalue weighted by Gasteiger charge is -2.47. The zero-order valence-electron chi connectivity index (χ0n) is 12.2. The molecule has 2 saturated heterocycles. The summed E-state index contributed by atoms with van der Waals surface area (Å²) in [6, 6.07) is 2.38. The molecule has 2 heterocycles. The molecule has 2 nitrogen and oxygen atoms in total. The Balaban J connectivity index is 1.99. The van der Waals surface area contributed by atoms with Gasteiger partial charge in [0.1, 0.15) is 0 Å². The molecule has 0 radical (unpaired) electrons. The van der Waals surface area contributed by atoms with E-state index in [4.69, 9.17) is 0 Å². The molecule has 0 amide bonds. The molecule has 0 N–H and O–H groups in total. The summed E-state index contributed by atoms with van der Waals surface area (Å²) in [5.41, 5.74) is 0. The van der Waals surface area contributed by atoms with Gasteiger partial charge in [0.15, 0.2) is 0 Å². The summed E-state index contributed by atoms with van der Waals surface area (Å²) in [6.07, 6.45) is 5.51. The second kappa shape index (κ2) is 5.71. The van der Waals surface area contributed by atoms with Gasteiger partial charge in [-0.05, 0) is 39.2 Å². The maximum atomic E-state index is 2.80. The van der Waals surface area contributed by atoms with Crippen LogP contribution in [0, 0.1) is 5.92 Å². The van der Waals surface area contributed by atoms with Crippen molar-refractivity contribution in [3.63, 3.8) is 0 Å². The van der Waals surface area contributed by atoms with Crippen LogP contribution in [0.4, 0.5) is 0 Å². The number of piperazine rings is 1. The molecule has 0 aromatic rings. The van der Waals surface area contributed by atoms with Crippen LogP contribution in [0.1, 0.15) is 53.4 Å². The maximum Gasteiger partial charge on any atom is 0.0224 e. The monoisotopic (exact) mass is 238 g/mol. The molecule has 0 aromatic carbocycles. The summed E-state index contributed by atoms with van der Waals surface area (Å²) in [5, 5.41) is 0. The number of hydrogen-bond acceptors (Lipinski definition) is 2. The SMILES string of the molecule is CCC(CC)C(C)N1CC2CCCN2CC1C. The minimum absolute atomic E-state index is 0.750. The average Bonchev–Trinajstić information content (AvgIpc) is 2.76. The minimum Gasteiger partial charge on any atom is -0.298 e. The van der Waals surface area contributed by atoms with Crippen molar-refractivity contribution >= 4 is 0 Å². The summed E-state index contributed by atoms with van der Waals surface area (Å²) in [4.78, 5) is 5.52. The molecular formula is C15H30N2. The fourth-order valence-electron chi connectivity index (χ4n) is 4.02. The Morgan fingerprint density at radius 1 is 1.18 bits per heavy atom. The highest BCUT2D eigenvalue weighted by Crippen LogP contribution is 2.29. The predicted molar refractivity (Wildman–Crippen MR) is 74.3 cm³/mol. The zero-order chi connectivity index (χ0) is 12.4. The van der Waals surface area contributed by atoms with Gasteiger partial charge >= 0.3 is 0 Å². The van der Waals surface area contributed by atoms with E-state index in [0.29, 0.717) is 0 Å².